The highest BCUT2D eigenvalue weighted by atomic mass is 32.1. The van der Waals surface area contributed by atoms with Crippen molar-refractivity contribution >= 4 is 39.3 Å². The summed E-state index contributed by atoms with van der Waals surface area (Å²) in [7, 11) is 0. The normalized spacial score (nSPS) is 12.2. The summed E-state index contributed by atoms with van der Waals surface area (Å²) >= 11 is 1.32. The smallest absolute Gasteiger partial charge is 0.297 e. The van der Waals surface area contributed by atoms with Crippen molar-refractivity contribution in [3.05, 3.63) is 97.7 Å². The molecular weight excluding hydrogens is 510 g/mol. The Morgan fingerprint density at radius 2 is 1.90 bits per heavy atom. The SMILES string of the molecule is Cc1ccc(C(=O)N(CCN)C(c2nc3c(oc4ccccc43)c(=O)n2Cc2ccc(C#N)s2)C(C)C)cc1. The van der Waals surface area contributed by atoms with Gasteiger partial charge in [-0.15, -0.1) is 11.3 Å². The van der Waals surface area contributed by atoms with Crippen LogP contribution in [-0.4, -0.2) is 33.4 Å². The number of aromatic nitrogens is 2. The van der Waals surface area contributed by atoms with Crippen LogP contribution in [0.2, 0.25) is 0 Å². The fraction of sp³-hybridized carbons (Fsp3) is 0.267. The number of nitriles is 1. The summed E-state index contributed by atoms with van der Waals surface area (Å²) in [4.78, 5) is 36.0. The van der Waals surface area contributed by atoms with Crippen molar-refractivity contribution in [3.63, 3.8) is 0 Å². The predicted molar refractivity (Wildman–Crippen MR) is 153 cm³/mol. The largest absolute Gasteiger partial charge is 0.448 e. The van der Waals surface area contributed by atoms with Gasteiger partial charge in [-0.2, -0.15) is 5.26 Å². The number of amides is 1. The maximum atomic E-state index is 14.0. The third kappa shape index (κ3) is 4.97. The molecule has 0 aliphatic rings. The molecule has 2 N–H and O–H groups in total. The van der Waals surface area contributed by atoms with Gasteiger partial charge in [-0.1, -0.05) is 43.7 Å². The first-order valence-corrected chi connectivity index (χ1v) is 13.6. The molecule has 0 saturated heterocycles. The highest BCUT2D eigenvalue weighted by Crippen LogP contribution is 2.32. The van der Waals surface area contributed by atoms with Gasteiger partial charge in [-0.25, -0.2) is 4.98 Å². The van der Waals surface area contributed by atoms with Gasteiger partial charge in [0.25, 0.3) is 11.5 Å². The monoisotopic (exact) mass is 539 g/mol. The lowest BCUT2D eigenvalue weighted by Gasteiger charge is -2.35. The Morgan fingerprint density at radius 3 is 2.56 bits per heavy atom. The molecule has 0 aliphatic carbocycles. The van der Waals surface area contributed by atoms with E-state index in [0.717, 1.165) is 15.8 Å². The van der Waals surface area contributed by atoms with Crippen molar-refractivity contribution in [1.82, 2.24) is 14.5 Å². The van der Waals surface area contributed by atoms with Crippen LogP contribution in [0.25, 0.3) is 22.1 Å². The van der Waals surface area contributed by atoms with Crippen molar-refractivity contribution < 1.29 is 9.21 Å². The number of aryl methyl sites for hydroxylation is 1. The van der Waals surface area contributed by atoms with Crippen molar-refractivity contribution in [3.8, 4) is 6.07 Å². The summed E-state index contributed by atoms with van der Waals surface area (Å²) in [6.07, 6.45) is 0. The average Bonchev–Trinajstić information content (AvgIpc) is 3.55. The van der Waals surface area contributed by atoms with Crippen molar-refractivity contribution in [1.29, 1.82) is 5.26 Å². The lowest BCUT2D eigenvalue weighted by Crippen LogP contribution is -2.43. The molecule has 8 nitrogen and oxygen atoms in total. The van der Waals surface area contributed by atoms with Gasteiger partial charge in [0.15, 0.2) is 0 Å². The second-order valence-electron chi connectivity index (χ2n) is 9.86. The highest BCUT2D eigenvalue weighted by molar-refractivity contribution is 7.12. The van der Waals surface area contributed by atoms with Crippen molar-refractivity contribution in [2.24, 2.45) is 11.7 Å². The molecule has 1 amide bonds. The molecule has 3 heterocycles. The van der Waals surface area contributed by atoms with Crippen LogP contribution in [0.4, 0.5) is 0 Å². The van der Waals surface area contributed by atoms with Gasteiger partial charge >= 0.3 is 0 Å². The first kappa shape index (κ1) is 26.4. The third-order valence-corrected chi connectivity index (χ3v) is 7.73. The van der Waals surface area contributed by atoms with Crippen LogP contribution >= 0.6 is 11.3 Å². The Bertz CT molecular complexity index is 1760. The van der Waals surface area contributed by atoms with E-state index in [0.29, 0.717) is 27.4 Å². The summed E-state index contributed by atoms with van der Waals surface area (Å²) in [5.41, 5.74) is 8.47. The van der Waals surface area contributed by atoms with E-state index >= 15 is 0 Å². The summed E-state index contributed by atoms with van der Waals surface area (Å²) < 4.78 is 7.55. The molecule has 9 heteroatoms. The van der Waals surface area contributed by atoms with E-state index in [1.54, 1.807) is 33.7 Å². The molecule has 0 radical (unpaired) electrons. The van der Waals surface area contributed by atoms with Gasteiger partial charge in [0.2, 0.25) is 5.58 Å². The van der Waals surface area contributed by atoms with Crippen LogP contribution in [0.3, 0.4) is 0 Å². The zero-order chi connectivity index (χ0) is 27.7. The van der Waals surface area contributed by atoms with Crippen molar-refractivity contribution in [2.75, 3.05) is 13.1 Å². The maximum Gasteiger partial charge on any atom is 0.297 e. The molecule has 1 atom stereocenters. The number of carbonyl (C=O) groups is 1. The molecule has 0 bridgehead atoms. The molecule has 3 aromatic heterocycles. The van der Waals surface area contributed by atoms with Crippen LogP contribution in [-0.2, 0) is 6.54 Å². The molecule has 1 unspecified atom stereocenters. The van der Waals surface area contributed by atoms with Gasteiger partial charge in [-0.05, 0) is 49.2 Å². The predicted octanol–water partition coefficient (Wildman–Crippen LogP) is 5.23. The second-order valence-corrected chi connectivity index (χ2v) is 11.0. The molecule has 0 spiro atoms. The topological polar surface area (TPSA) is 118 Å². The molecule has 0 fully saturated rings. The fourth-order valence-corrected chi connectivity index (χ4v) is 5.71. The lowest BCUT2D eigenvalue weighted by molar-refractivity contribution is 0.0612. The molecule has 5 aromatic rings. The second kappa shape index (κ2) is 10.8. The quantitative estimate of drug-likeness (QED) is 0.288. The van der Waals surface area contributed by atoms with Crippen LogP contribution in [0, 0.1) is 24.2 Å². The lowest BCUT2D eigenvalue weighted by atomic mass is 9.99. The van der Waals surface area contributed by atoms with E-state index in [-0.39, 0.29) is 42.6 Å². The number of hydrogen-bond acceptors (Lipinski definition) is 7. The maximum absolute atomic E-state index is 14.0. The van der Waals surface area contributed by atoms with Gasteiger partial charge in [0, 0.05) is 28.9 Å². The van der Waals surface area contributed by atoms with Crippen LogP contribution in [0.15, 0.2) is 69.9 Å². The summed E-state index contributed by atoms with van der Waals surface area (Å²) in [5.74, 6) is 0.174. The summed E-state index contributed by atoms with van der Waals surface area (Å²) in [5, 5.41) is 10.1. The number of para-hydroxylation sites is 1. The number of carbonyl (C=O) groups excluding carboxylic acids is 1. The third-order valence-electron chi connectivity index (χ3n) is 6.76. The summed E-state index contributed by atoms with van der Waals surface area (Å²) in [6.45, 7) is 6.70. The molecule has 2 aromatic carbocycles. The van der Waals surface area contributed by atoms with E-state index in [4.69, 9.17) is 15.1 Å². The van der Waals surface area contributed by atoms with Gasteiger partial charge < -0.3 is 15.1 Å². The molecule has 0 aliphatic heterocycles. The Morgan fingerprint density at radius 1 is 1.15 bits per heavy atom. The van der Waals surface area contributed by atoms with Gasteiger partial charge in [0.05, 0.1) is 12.6 Å². The number of fused-ring (bicyclic) bond motifs is 3. The van der Waals surface area contributed by atoms with E-state index in [2.05, 4.69) is 6.07 Å². The molecule has 5 rings (SSSR count). The van der Waals surface area contributed by atoms with Gasteiger partial charge in [0.1, 0.15) is 27.9 Å². The van der Waals surface area contributed by atoms with Crippen LogP contribution in [0.5, 0.6) is 0 Å². The number of nitrogens with two attached hydrogens (primary N) is 1. The molecular formula is C30H29N5O3S. The van der Waals surface area contributed by atoms with E-state index in [9.17, 15) is 14.9 Å². The first-order chi connectivity index (χ1) is 18.8. The standard InChI is InChI=1S/C30H29N5O3S/c1-18(2)26(34(15-14-31)29(36)20-10-8-19(3)9-11-20)28-33-25-23-6-4-5-7-24(23)38-27(25)30(37)35(28)17-22-13-12-21(16-32)39-22/h4-13,18,26H,14-15,17,31H2,1-3H3. The zero-order valence-corrected chi connectivity index (χ0v) is 22.9. The highest BCUT2D eigenvalue weighted by Gasteiger charge is 2.33. The number of thiophene rings is 1. The number of nitrogens with zero attached hydrogens (tertiary/aromatic N) is 4. The van der Waals surface area contributed by atoms with Crippen LogP contribution in [0.1, 0.15) is 51.4 Å². The summed E-state index contributed by atoms with van der Waals surface area (Å²) in [6, 6.07) is 20.0. The minimum Gasteiger partial charge on any atom is -0.448 e. The van der Waals surface area contributed by atoms with Crippen LogP contribution < -0.4 is 11.3 Å². The molecule has 198 valence electrons. The van der Waals surface area contributed by atoms with E-state index in [1.807, 2.05) is 57.2 Å². The fourth-order valence-electron chi connectivity index (χ4n) is 4.91. The minimum atomic E-state index is -0.552. The number of hydrogen-bond donors (Lipinski definition) is 1. The number of furan rings is 1. The Kier molecular flexibility index (Phi) is 7.33. The van der Waals surface area contributed by atoms with E-state index in [1.165, 1.54) is 11.3 Å². The van der Waals surface area contributed by atoms with Crippen molar-refractivity contribution in [2.45, 2.75) is 33.4 Å². The minimum absolute atomic E-state index is 0.0993. The van der Waals surface area contributed by atoms with E-state index < -0.39 is 6.04 Å². The molecule has 39 heavy (non-hydrogen) atoms. The first-order valence-electron chi connectivity index (χ1n) is 12.8. The number of benzene rings is 2. The number of rotatable bonds is 8. The average molecular weight is 540 g/mol. The Labute approximate surface area is 229 Å². The van der Waals surface area contributed by atoms with Gasteiger partial charge in [-0.3, -0.25) is 14.2 Å². The Balaban J connectivity index is 1.75. The Hall–Kier alpha value is -4.26. The molecule has 0 saturated carbocycles. The zero-order valence-electron chi connectivity index (χ0n) is 22.0.